The van der Waals surface area contributed by atoms with Crippen LogP contribution in [0, 0.1) is 0 Å². The van der Waals surface area contributed by atoms with Gasteiger partial charge in [-0.3, -0.25) is 4.79 Å². The van der Waals surface area contributed by atoms with Gasteiger partial charge < -0.3 is 11.5 Å². The maximum atomic E-state index is 11.1. The Morgan fingerprint density at radius 1 is 1.11 bits per heavy atom. The monoisotopic (exact) mass is 258 g/mol. The lowest BCUT2D eigenvalue weighted by Gasteiger charge is -2.04. The number of hydrogen-bond donors (Lipinski definition) is 2. The van der Waals surface area contributed by atoms with Crippen molar-refractivity contribution in [3.63, 3.8) is 0 Å². The predicted octanol–water partition coefficient (Wildman–Crippen LogP) is 2.66. The molecule has 0 bridgehead atoms. The van der Waals surface area contributed by atoms with Crippen LogP contribution in [-0.2, 0) is 5.75 Å². The molecule has 2 aromatic carbocycles. The molecule has 1 amide bonds. The van der Waals surface area contributed by atoms with E-state index in [9.17, 15) is 4.79 Å². The number of carbonyl (C=O) groups excluding carboxylic acids is 1. The zero-order valence-electron chi connectivity index (χ0n) is 9.80. The maximum absolute atomic E-state index is 11.1. The summed E-state index contributed by atoms with van der Waals surface area (Å²) in [5.74, 6) is 0.385. The number of carbonyl (C=O) groups is 1. The first kappa shape index (κ1) is 12.5. The normalized spacial score (nSPS) is 10.2. The number of nitrogens with two attached hydrogens (primary N) is 2. The number of anilines is 1. The van der Waals surface area contributed by atoms with Crippen LogP contribution in [-0.4, -0.2) is 5.91 Å². The van der Waals surface area contributed by atoms with Gasteiger partial charge in [-0.1, -0.05) is 18.2 Å². The highest BCUT2D eigenvalue weighted by Gasteiger charge is 2.02. The number of rotatable bonds is 4. The number of amides is 1. The first-order valence-corrected chi connectivity index (χ1v) is 6.51. The van der Waals surface area contributed by atoms with E-state index in [1.807, 2.05) is 42.5 Å². The van der Waals surface area contributed by atoms with Gasteiger partial charge in [0.05, 0.1) is 0 Å². The zero-order valence-corrected chi connectivity index (χ0v) is 10.6. The summed E-state index contributed by atoms with van der Waals surface area (Å²) in [6.45, 7) is 0. The smallest absolute Gasteiger partial charge is 0.248 e. The fourth-order valence-electron chi connectivity index (χ4n) is 1.59. The van der Waals surface area contributed by atoms with Gasteiger partial charge in [-0.2, -0.15) is 0 Å². The predicted molar refractivity (Wildman–Crippen MR) is 75.4 cm³/mol. The topological polar surface area (TPSA) is 69.1 Å². The molecule has 3 nitrogen and oxygen atoms in total. The fourth-order valence-corrected chi connectivity index (χ4v) is 2.49. The number of primary amides is 1. The van der Waals surface area contributed by atoms with Gasteiger partial charge in [-0.25, -0.2) is 0 Å². The molecule has 0 saturated carbocycles. The molecule has 4 heteroatoms. The van der Waals surface area contributed by atoms with Crippen LogP contribution < -0.4 is 11.5 Å². The second kappa shape index (κ2) is 5.60. The van der Waals surface area contributed by atoms with Crippen LogP contribution in [0.2, 0.25) is 0 Å². The molecule has 0 spiro atoms. The van der Waals surface area contributed by atoms with Crippen LogP contribution in [0.4, 0.5) is 5.69 Å². The summed E-state index contributed by atoms with van der Waals surface area (Å²) in [5.41, 5.74) is 13.3. The molecule has 0 aliphatic rings. The molecule has 0 saturated heterocycles. The molecule has 0 unspecified atom stereocenters. The van der Waals surface area contributed by atoms with E-state index in [2.05, 4.69) is 0 Å². The van der Waals surface area contributed by atoms with Crippen molar-refractivity contribution in [1.82, 2.24) is 0 Å². The largest absolute Gasteiger partial charge is 0.399 e. The van der Waals surface area contributed by atoms with E-state index in [0.29, 0.717) is 5.56 Å². The second-order valence-electron chi connectivity index (χ2n) is 3.93. The molecule has 92 valence electrons. The third-order valence-electron chi connectivity index (χ3n) is 2.48. The molecule has 0 atom stereocenters. The van der Waals surface area contributed by atoms with E-state index in [4.69, 9.17) is 11.5 Å². The SMILES string of the molecule is NC(=O)c1cccc(CSc2cccc(N)c2)c1. The summed E-state index contributed by atoms with van der Waals surface area (Å²) < 4.78 is 0. The Hall–Kier alpha value is -1.94. The number of nitrogen functional groups attached to an aromatic ring is 1. The molecule has 18 heavy (non-hydrogen) atoms. The molecule has 2 rings (SSSR count). The van der Waals surface area contributed by atoms with Crippen LogP contribution in [0.25, 0.3) is 0 Å². The Morgan fingerprint density at radius 2 is 1.89 bits per heavy atom. The third kappa shape index (κ3) is 3.28. The van der Waals surface area contributed by atoms with Gasteiger partial charge in [0, 0.05) is 21.9 Å². The summed E-state index contributed by atoms with van der Waals surface area (Å²) in [5, 5.41) is 0. The van der Waals surface area contributed by atoms with Crippen molar-refractivity contribution in [2.24, 2.45) is 5.73 Å². The van der Waals surface area contributed by atoms with Gasteiger partial charge in [0.15, 0.2) is 0 Å². The minimum Gasteiger partial charge on any atom is -0.399 e. The minimum atomic E-state index is -0.397. The van der Waals surface area contributed by atoms with E-state index in [1.54, 1.807) is 17.8 Å². The molecule has 0 radical (unpaired) electrons. The average Bonchev–Trinajstić information content (AvgIpc) is 2.37. The van der Waals surface area contributed by atoms with Crippen molar-refractivity contribution in [3.8, 4) is 0 Å². The van der Waals surface area contributed by atoms with Gasteiger partial charge >= 0.3 is 0 Å². The van der Waals surface area contributed by atoms with Crippen molar-refractivity contribution >= 4 is 23.4 Å². The van der Waals surface area contributed by atoms with Gasteiger partial charge in [0.25, 0.3) is 0 Å². The number of hydrogen-bond acceptors (Lipinski definition) is 3. The quantitative estimate of drug-likeness (QED) is 0.654. The Morgan fingerprint density at radius 3 is 2.61 bits per heavy atom. The second-order valence-corrected chi connectivity index (χ2v) is 4.97. The van der Waals surface area contributed by atoms with Crippen LogP contribution in [0.3, 0.4) is 0 Å². The summed E-state index contributed by atoms with van der Waals surface area (Å²) >= 11 is 1.68. The first-order valence-electron chi connectivity index (χ1n) is 5.52. The Bertz CT molecular complexity index is 569. The van der Waals surface area contributed by atoms with E-state index in [-0.39, 0.29) is 0 Å². The third-order valence-corrected chi connectivity index (χ3v) is 3.54. The van der Waals surface area contributed by atoms with Crippen LogP contribution in [0.1, 0.15) is 15.9 Å². The van der Waals surface area contributed by atoms with E-state index >= 15 is 0 Å². The van der Waals surface area contributed by atoms with Gasteiger partial charge in [-0.15, -0.1) is 11.8 Å². The van der Waals surface area contributed by atoms with Crippen molar-refractivity contribution in [2.45, 2.75) is 10.6 Å². The lowest BCUT2D eigenvalue weighted by atomic mass is 10.1. The van der Waals surface area contributed by atoms with Gasteiger partial charge in [0.1, 0.15) is 0 Å². The molecule has 4 N–H and O–H groups in total. The summed E-state index contributed by atoms with van der Waals surface area (Å²) in [6, 6.07) is 15.1. The maximum Gasteiger partial charge on any atom is 0.248 e. The molecule has 0 aliphatic heterocycles. The highest BCUT2D eigenvalue weighted by atomic mass is 32.2. The highest BCUT2D eigenvalue weighted by Crippen LogP contribution is 2.24. The molecule has 0 heterocycles. The summed E-state index contributed by atoms with van der Waals surface area (Å²) in [4.78, 5) is 12.2. The molecule has 0 aromatic heterocycles. The molecule has 0 aliphatic carbocycles. The Balaban J connectivity index is 2.06. The van der Waals surface area contributed by atoms with Crippen molar-refractivity contribution in [1.29, 1.82) is 0 Å². The van der Waals surface area contributed by atoms with Crippen molar-refractivity contribution in [3.05, 3.63) is 59.7 Å². The molecule has 0 fully saturated rings. The van der Waals surface area contributed by atoms with Crippen LogP contribution in [0.5, 0.6) is 0 Å². The number of thioether (sulfide) groups is 1. The lowest BCUT2D eigenvalue weighted by Crippen LogP contribution is -2.10. The molecule has 2 aromatic rings. The summed E-state index contributed by atoms with van der Waals surface area (Å²) in [7, 11) is 0. The average molecular weight is 258 g/mol. The Labute approximate surface area is 110 Å². The summed E-state index contributed by atoms with van der Waals surface area (Å²) in [6.07, 6.45) is 0. The van der Waals surface area contributed by atoms with Crippen molar-refractivity contribution < 1.29 is 4.79 Å². The fraction of sp³-hybridized carbons (Fsp3) is 0.0714. The first-order chi connectivity index (χ1) is 8.65. The minimum absolute atomic E-state index is 0.397. The van der Waals surface area contributed by atoms with Gasteiger partial charge in [0.2, 0.25) is 5.91 Å². The standard InChI is InChI=1S/C14H14N2OS/c15-12-5-2-6-13(8-12)18-9-10-3-1-4-11(7-10)14(16)17/h1-8H,9,15H2,(H2,16,17). The Kier molecular flexibility index (Phi) is 3.89. The highest BCUT2D eigenvalue weighted by molar-refractivity contribution is 7.98. The zero-order chi connectivity index (χ0) is 13.0. The van der Waals surface area contributed by atoms with E-state index < -0.39 is 5.91 Å². The number of benzene rings is 2. The van der Waals surface area contributed by atoms with E-state index in [0.717, 1.165) is 21.9 Å². The van der Waals surface area contributed by atoms with Crippen LogP contribution >= 0.6 is 11.8 Å². The van der Waals surface area contributed by atoms with Crippen LogP contribution in [0.15, 0.2) is 53.4 Å². The van der Waals surface area contributed by atoms with E-state index in [1.165, 1.54) is 0 Å². The molecular weight excluding hydrogens is 244 g/mol. The van der Waals surface area contributed by atoms with Gasteiger partial charge in [-0.05, 0) is 35.9 Å². The van der Waals surface area contributed by atoms with Crippen molar-refractivity contribution in [2.75, 3.05) is 5.73 Å². The molecular formula is C14H14N2OS. The lowest BCUT2D eigenvalue weighted by molar-refractivity contribution is 0.1000.